The van der Waals surface area contributed by atoms with E-state index in [2.05, 4.69) is 62.5 Å². The van der Waals surface area contributed by atoms with Crippen LogP contribution in [-0.4, -0.2) is 75.5 Å². The van der Waals surface area contributed by atoms with E-state index in [0.29, 0.717) is 12.8 Å². The molecule has 0 heterocycles. The number of carbonyl (C=O) groups is 3. The molecule has 8 nitrogen and oxygen atoms in total. The molecule has 0 aromatic carbocycles. The predicted octanol–water partition coefficient (Wildman–Crippen LogP) is 11.1. The highest BCUT2D eigenvalue weighted by Gasteiger charge is 2.25. The smallest absolute Gasteiger partial charge is 0.306 e. The monoisotopic (exact) mass is 788 g/mol. The summed E-state index contributed by atoms with van der Waals surface area (Å²) in [6.45, 7) is 4.59. The van der Waals surface area contributed by atoms with Gasteiger partial charge in [-0.05, 0) is 77.0 Å². The summed E-state index contributed by atoms with van der Waals surface area (Å²) in [4.78, 5) is 36.9. The summed E-state index contributed by atoms with van der Waals surface area (Å²) < 4.78 is 17.2. The van der Waals surface area contributed by atoms with Crippen molar-refractivity contribution in [2.24, 2.45) is 0 Å². The molecule has 0 bridgehead atoms. The van der Waals surface area contributed by atoms with Crippen LogP contribution in [0.3, 0.4) is 0 Å². The standard InChI is InChI=1S/C48H85NO7/c1-6-8-10-12-14-16-18-20-21-22-23-24-25-27-29-31-33-35-37-39-47(51)56-44(42-54-41-40-45(48(52)53)49(3,4)5)43-55-46(50)38-36-34-32-30-28-26-19-17-15-13-11-9-7-2/h14,16-17,19-21,23-24,44-45H,6-13,15,18,22,25-43H2,1-5H3/b16-14-,19-17-,21-20-,24-23-. The lowest BCUT2D eigenvalue weighted by molar-refractivity contribution is -0.889. The van der Waals surface area contributed by atoms with Crippen LogP contribution in [0.15, 0.2) is 48.6 Å². The second kappa shape index (κ2) is 39.1. The Morgan fingerprint density at radius 3 is 1.45 bits per heavy atom. The lowest BCUT2D eigenvalue weighted by atomic mass is 10.1. The van der Waals surface area contributed by atoms with Gasteiger partial charge >= 0.3 is 11.9 Å². The van der Waals surface area contributed by atoms with E-state index in [1.165, 1.54) is 77.0 Å². The zero-order chi connectivity index (χ0) is 41.4. The number of rotatable bonds is 40. The quantitative estimate of drug-likeness (QED) is 0.0264. The normalized spacial score (nSPS) is 13.4. The van der Waals surface area contributed by atoms with E-state index in [-0.39, 0.29) is 42.7 Å². The third-order valence-corrected chi connectivity index (χ3v) is 9.94. The number of nitrogens with zero attached hydrogens (tertiary/aromatic N) is 1. The van der Waals surface area contributed by atoms with Crippen LogP contribution in [0.4, 0.5) is 0 Å². The van der Waals surface area contributed by atoms with E-state index >= 15 is 0 Å². The summed E-state index contributed by atoms with van der Waals surface area (Å²) in [6.07, 6.45) is 45.5. The van der Waals surface area contributed by atoms with E-state index in [4.69, 9.17) is 14.2 Å². The Balaban J connectivity index is 4.36. The summed E-state index contributed by atoms with van der Waals surface area (Å²) in [6, 6.07) is -0.730. The molecule has 0 saturated carbocycles. The molecular weight excluding hydrogens is 703 g/mol. The Labute approximate surface area is 344 Å². The molecule has 0 spiro atoms. The van der Waals surface area contributed by atoms with Crippen LogP contribution in [0.5, 0.6) is 0 Å². The Morgan fingerprint density at radius 1 is 0.536 bits per heavy atom. The number of carboxylic acids is 1. The third kappa shape index (κ3) is 36.9. The largest absolute Gasteiger partial charge is 0.544 e. The lowest BCUT2D eigenvalue weighted by Gasteiger charge is -2.34. The minimum Gasteiger partial charge on any atom is -0.544 e. The van der Waals surface area contributed by atoms with Crippen molar-refractivity contribution in [1.29, 1.82) is 0 Å². The lowest BCUT2D eigenvalue weighted by Crippen LogP contribution is -2.55. The second-order valence-corrected chi connectivity index (χ2v) is 16.3. The molecule has 0 N–H and O–H groups in total. The number of allylic oxidation sites excluding steroid dienone is 8. The molecule has 0 aromatic rings. The number of esters is 2. The van der Waals surface area contributed by atoms with Crippen LogP contribution < -0.4 is 5.11 Å². The maximum atomic E-state index is 12.7. The van der Waals surface area contributed by atoms with Crippen LogP contribution in [0, 0.1) is 0 Å². The van der Waals surface area contributed by atoms with Crippen molar-refractivity contribution in [3.8, 4) is 0 Å². The van der Waals surface area contributed by atoms with Crippen LogP contribution in [0.2, 0.25) is 0 Å². The molecule has 0 amide bonds. The van der Waals surface area contributed by atoms with Gasteiger partial charge in [-0.3, -0.25) is 9.59 Å². The summed E-state index contributed by atoms with van der Waals surface area (Å²) >= 11 is 0. The molecule has 0 aliphatic heterocycles. The first-order valence-corrected chi connectivity index (χ1v) is 22.7. The molecule has 0 fully saturated rings. The Bertz CT molecular complexity index is 1060. The number of unbranched alkanes of at least 4 members (excludes halogenated alkanes) is 18. The molecule has 0 radical (unpaired) electrons. The zero-order valence-electron chi connectivity index (χ0n) is 36.8. The van der Waals surface area contributed by atoms with Crippen molar-refractivity contribution in [1.82, 2.24) is 0 Å². The van der Waals surface area contributed by atoms with Gasteiger partial charge in [-0.25, -0.2) is 0 Å². The first-order valence-electron chi connectivity index (χ1n) is 22.7. The minimum atomic E-state index is -1.13. The molecule has 0 aliphatic rings. The molecule has 2 atom stereocenters. The fourth-order valence-electron chi connectivity index (χ4n) is 6.37. The number of aliphatic carboxylic acids is 1. The van der Waals surface area contributed by atoms with Gasteiger partial charge in [-0.15, -0.1) is 0 Å². The van der Waals surface area contributed by atoms with Crippen molar-refractivity contribution in [3.63, 3.8) is 0 Å². The topological polar surface area (TPSA) is 102 Å². The fourth-order valence-corrected chi connectivity index (χ4v) is 6.37. The zero-order valence-corrected chi connectivity index (χ0v) is 36.8. The summed E-state index contributed by atoms with van der Waals surface area (Å²) in [7, 11) is 5.40. The third-order valence-electron chi connectivity index (χ3n) is 9.94. The van der Waals surface area contributed by atoms with Gasteiger partial charge in [0.15, 0.2) is 6.10 Å². The fraction of sp³-hybridized carbons (Fsp3) is 0.771. The predicted molar refractivity (Wildman–Crippen MR) is 231 cm³/mol. The van der Waals surface area contributed by atoms with E-state index in [1.54, 1.807) is 21.1 Å². The molecule has 56 heavy (non-hydrogen) atoms. The number of likely N-dealkylation sites (N-methyl/N-ethyl adjacent to an activating group) is 1. The van der Waals surface area contributed by atoms with Gasteiger partial charge in [0, 0.05) is 19.3 Å². The number of quaternary nitrogens is 1. The molecule has 0 rings (SSSR count). The van der Waals surface area contributed by atoms with E-state index in [0.717, 1.165) is 77.0 Å². The number of carbonyl (C=O) groups excluding carboxylic acids is 3. The molecule has 0 aliphatic carbocycles. The average Bonchev–Trinajstić information content (AvgIpc) is 3.15. The molecule has 8 heteroatoms. The molecule has 0 saturated heterocycles. The van der Waals surface area contributed by atoms with Crippen LogP contribution in [-0.2, 0) is 28.6 Å². The highest BCUT2D eigenvalue weighted by atomic mass is 16.6. The first-order chi connectivity index (χ1) is 27.1. The molecular formula is C48H85NO7. The van der Waals surface area contributed by atoms with Crippen LogP contribution in [0.1, 0.15) is 187 Å². The number of ether oxygens (including phenoxy) is 3. The number of carboxylic acid groups (broad SMARTS) is 1. The van der Waals surface area contributed by atoms with Gasteiger partial charge in [-0.1, -0.05) is 140 Å². The van der Waals surface area contributed by atoms with Gasteiger partial charge in [0.1, 0.15) is 12.6 Å². The van der Waals surface area contributed by atoms with Gasteiger partial charge < -0.3 is 28.6 Å². The highest BCUT2D eigenvalue weighted by Crippen LogP contribution is 2.13. The maximum absolute atomic E-state index is 12.7. The van der Waals surface area contributed by atoms with E-state index in [9.17, 15) is 19.5 Å². The van der Waals surface area contributed by atoms with Gasteiger partial charge in [0.2, 0.25) is 0 Å². The SMILES string of the molecule is CCCCC/C=C\C/C=C\C/C=C\CCCCCCCCC(=O)OC(COCCC(C(=O)[O-])[N+](C)(C)C)COC(=O)CCCCCCC/C=C\CCCCCC. The summed E-state index contributed by atoms with van der Waals surface area (Å²) in [5.41, 5.74) is 0. The van der Waals surface area contributed by atoms with Crippen molar-refractivity contribution in [2.75, 3.05) is 41.0 Å². The molecule has 2 unspecified atom stereocenters. The van der Waals surface area contributed by atoms with Crippen molar-refractivity contribution >= 4 is 17.9 Å². The number of hydrogen-bond acceptors (Lipinski definition) is 7. The van der Waals surface area contributed by atoms with E-state index in [1.807, 2.05) is 0 Å². The van der Waals surface area contributed by atoms with Crippen LogP contribution >= 0.6 is 0 Å². The Kier molecular flexibility index (Phi) is 37.2. The average molecular weight is 788 g/mol. The Hall–Kier alpha value is -2.71. The summed E-state index contributed by atoms with van der Waals surface area (Å²) in [5, 5.41) is 11.6. The number of hydrogen-bond donors (Lipinski definition) is 0. The maximum Gasteiger partial charge on any atom is 0.306 e. The molecule has 324 valence electrons. The molecule has 0 aromatic heterocycles. The van der Waals surface area contributed by atoms with Crippen LogP contribution in [0.25, 0.3) is 0 Å². The van der Waals surface area contributed by atoms with Crippen molar-refractivity contribution in [3.05, 3.63) is 48.6 Å². The van der Waals surface area contributed by atoms with Gasteiger partial charge in [0.25, 0.3) is 0 Å². The van der Waals surface area contributed by atoms with Crippen molar-refractivity contribution < 1.29 is 38.2 Å². The summed E-state index contributed by atoms with van der Waals surface area (Å²) in [5.74, 6) is -1.76. The Morgan fingerprint density at radius 2 is 0.946 bits per heavy atom. The van der Waals surface area contributed by atoms with Gasteiger partial charge in [0.05, 0.1) is 40.3 Å². The van der Waals surface area contributed by atoms with Crippen molar-refractivity contribution in [2.45, 2.75) is 199 Å². The van der Waals surface area contributed by atoms with Gasteiger partial charge in [-0.2, -0.15) is 0 Å². The highest BCUT2D eigenvalue weighted by molar-refractivity contribution is 5.70. The minimum absolute atomic E-state index is 0.0321. The second-order valence-electron chi connectivity index (χ2n) is 16.3. The van der Waals surface area contributed by atoms with E-state index < -0.39 is 18.1 Å². The first kappa shape index (κ1) is 53.3.